The molecule has 6 aromatic heterocycles. The average Bonchev–Trinajstić information content (AvgIpc) is 3.69. The topological polar surface area (TPSA) is 86.4 Å². The number of nitrogens with one attached hydrogen (secondary N) is 2. The van der Waals surface area contributed by atoms with Crippen molar-refractivity contribution < 1.29 is 13.2 Å². The van der Waals surface area contributed by atoms with Crippen molar-refractivity contribution in [2.75, 3.05) is 13.1 Å². The van der Waals surface area contributed by atoms with Gasteiger partial charge in [-0.15, -0.1) is 11.3 Å². The number of hydrogen-bond acceptors (Lipinski definition) is 6. The van der Waals surface area contributed by atoms with E-state index in [4.69, 9.17) is 4.98 Å². The van der Waals surface area contributed by atoms with E-state index in [0.717, 1.165) is 49.5 Å². The van der Waals surface area contributed by atoms with E-state index in [1.807, 2.05) is 30.3 Å². The molecule has 11 heteroatoms. The number of aromatic amines is 2. The first-order chi connectivity index (χ1) is 18.4. The van der Waals surface area contributed by atoms with E-state index in [0.29, 0.717) is 35.6 Å². The lowest BCUT2D eigenvalue weighted by molar-refractivity contribution is 0.0115. The van der Waals surface area contributed by atoms with Crippen molar-refractivity contribution >= 4 is 33.4 Å². The van der Waals surface area contributed by atoms with Crippen LogP contribution < -0.4 is 0 Å². The third-order valence-electron chi connectivity index (χ3n) is 6.78. The maximum atomic E-state index is 13.7. The molecule has 190 valence electrons. The minimum absolute atomic E-state index is 0.114. The first kappa shape index (κ1) is 23.1. The summed E-state index contributed by atoms with van der Waals surface area (Å²) in [5.41, 5.74) is 6.70. The summed E-state index contributed by atoms with van der Waals surface area (Å²) in [5.74, 6) is -2.63. The highest BCUT2D eigenvalue weighted by Gasteiger charge is 2.37. The van der Waals surface area contributed by atoms with Crippen molar-refractivity contribution in [1.82, 2.24) is 35.0 Å². The summed E-state index contributed by atoms with van der Waals surface area (Å²) in [6, 6.07) is 12.8. The Morgan fingerprint density at radius 3 is 2.82 bits per heavy atom. The summed E-state index contributed by atoms with van der Waals surface area (Å²) in [5, 5.41) is 8.16. The van der Waals surface area contributed by atoms with Gasteiger partial charge in [0, 0.05) is 59.5 Å². The molecule has 2 N–H and O–H groups in total. The molecular weight excluding hydrogens is 511 g/mol. The van der Waals surface area contributed by atoms with E-state index in [9.17, 15) is 13.2 Å². The lowest BCUT2D eigenvalue weighted by Crippen LogP contribution is -2.24. The predicted molar refractivity (Wildman–Crippen MR) is 140 cm³/mol. The molecule has 7 heterocycles. The second-order valence-corrected chi connectivity index (χ2v) is 10.5. The number of likely N-dealkylation sites (tertiary alicyclic amines) is 1. The average molecular weight is 532 g/mol. The first-order valence-electron chi connectivity index (χ1n) is 12.1. The summed E-state index contributed by atoms with van der Waals surface area (Å²) < 4.78 is 40.9. The van der Waals surface area contributed by atoms with Crippen LogP contribution in [0.2, 0.25) is 0 Å². The SMILES string of the molecule is Fc1ccc(-c2ccnc3[nH]c(-c4n[nH]c5ccc(-c6cncc(CN7CCC(F)(F)C7)c6)nc45)cc23)s1. The Bertz CT molecular complexity index is 1810. The molecular formula is C27H20F3N7S. The zero-order valence-corrected chi connectivity index (χ0v) is 20.7. The van der Waals surface area contributed by atoms with Crippen LogP contribution >= 0.6 is 11.3 Å². The van der Waals surface area contributed by atoms with Gasteiger partial charge in [-0.2, -0.15) is 9.49 Å². The van der Waals surface area contributed by atoms with Gasteiger partial charge in [-0.25, -0.2) is 18.7 Å². The van der Waals surface area contributed by atoms with Crippen LogP contribution in [0.3, 0.4) is 0 Å². The van der Waals surface area contributed by atoms with E-state index < -0.39 is 5.92 Å². The molecule has 1 aliphatic heterocycles. The molecule has 0 unspecified atom stereocenters. The Hall–Kier alpha value is -4.09. The van der Waals surface area contributed by atoms with Gasteiger partial charge in [0.2, 0.25) is 0 Å². The zero-order valence-electron chi connectivity index (χ0n) is 19.9. The van der Waals surface area contributed by atoms with Gasteiger partial charge in [-0.05, 0) is 48.0 Å². The summed E-state index contributed by atoms with van der Waals surface area (Å²) in [4.78, 5) is 19.5. The third kappa shape index (κ3) is 4.13. The second kappa shape index (κ2) is 8.74. The van der Waals surface area contributed by atoms with Crippen LogP contribution in [0.5, 0.6) is 0 Å². The highest BCUT2D eigenvalue weighted by atomic mass is 32.1. The molecule has 0 saturated carbocycles. The lowest BCUT2D eigenvalue weighted by atomic mass is 10.1. The molecule has 1 saturated heterocycles. The van der Waals surface area contributed by atoms with Crippen molar-refractivity contribution in [2.24, 2.45) is 0 Å². The minimum Gasteiger partial charge on any atom is -0.338 e. The maximum absolute atomic E-state index is 13.7. The third-order valence-corrected chi connectivity index (χ3v) is 7.69. The standard InChI is InChI=1S/C27H20F3N7S/c28-23-4-3-22(38-23)17-5-7-32-26-18(17)10-21(34-26)25-24-20(35-36-25)2-1-19(33-24)16-9-15(11-31-12-16)13-37-8-6-27(29,30)14-37/h1-5,7,9-12H,6,8,13-14H2,(H,32,34)(H,35,36). The number of fused-ring (bicyclic) bond motifs is 2. The fourth-order valence-corrected chi connectivity index (χ4v) is 5.76. The van der Waals surface area contributed by atoms with Crippen LogP contribution in [-0.2, 0) is 6.54 Å². The molecule has 7 nitrogen and oxygen atoms in total. The van der Waals surface area contributed by atoms with Crippen molar-refractivity contribution in [3.8, 4) is 33.1 Å². The van der Waals surface area contributed by atoms with E-state index in [1.165, 1.54) is 6.07 Å². The maximum Gasteiger partial charge on any atom is 0.261 e. The van der Waals surface area contributed by atoms with Crippen LogP contribution in [0.25, 0.3) is 55.2 Å². The number of rotatable bonds is 5. The lowest BCUT2D eigenvalue weighted by Gasteiger charge is -2.15. The van der Waals surface area contributed by atoms with Crippen LogP contribution in [0, 0.1) is 5.13 Å². The number of pyridine rings is 3. The number of alkyl halides is 2. The monoisotopic (exact) mass is 531 g/mol. The van der Waals surface area contributed by atoms with Crippen molar-refractivity contribution in [3.63, 3.8) is 0 Å². The van der Waals surface area contributed by atoms with Gasteiger partial charge < -0.3 is 4.98 Å². The molecule has 7 rings (SSSR count). The molecule has 0 aromatic carbocycles. The molecule has 0 spiro atoms. The quantitative estimate of drug-likeness (QED) is 0.274. The molecule has 0 amide bonds. The number of hydrogen-bond donors (Lipinski definition) is 2. The molecule has 6 aromatic rings. The summed E-state index contributed by atoms with van der Waals surface area (Å²) >= 11 is 1.09. The summed E-state index contributed by atoms with van der Waals surface area (Å²) in [6.07, 6.45) is 5.00. The molecule has 1 aliphatic rings. The number of halogens is 3. The number of nitrogens with zero attached hydrogens (tertiary/aromatic N) is 5. The van der Waals surface area contributed by atoms with Crippen LogP contribution in [0.15, 0.2) is 61.1 Å². The molecule has 0 aliphatic carbocycles. The molecule has 0 atom stereocenters. The predicted octanol–water partition coefficient (Wildman–Crippen LogP) is 6.27. The molecule has 0 radical (unpaired) electrons. The highest BCUT2D eigenvalue weighted by molar-refractivity contribution is 7.14. The summed E-state index contributed by atoms with van der Waals surface area (Å²) in [6.45, 7) is 0.540. The Labute approximate surface area is 218 Å². The molecule has 0 bridgehead atoms. The number of aromatic nitrogens is 6. The Balaban J connectivity index is 1.24. The Morgan fingerprint density at radius 2 is 2.00 bits per heavy atom. The molecule has 38 heavy (non-hydrogen) atoms. The normalized spacial score (nSPS) is 15.7. The number of H-pyrrole nitrogens is 2. The van der Waals surface area contributed by atoms with Crippen molar-refractivity contribution in [1.29, 1.82) is 0 Å². The Morgan fingerprint density at radius 1 is 1.08 bits per heavy atom. The highest BCUT2D eigenvalue weighted by Crippen LogP contribution is 2.36. The van der Waals surface area contributed by atoms with Crippen LogP contribution in [0.1, 0.15) is 12.0 Å². The fourth-order valence-electron chi connectivity index (χ4n) is 4.99. The van der Waals surface area contributed by atoms with E-state index in [1.54, 1.807) is 29.6 Å². The van der Waals surface area contributed by atoms with Gasteiger partial charge in [-0.3, -0.25) is 15.0 Å². The van der Waals surface area contributed by atoms with Gasteiger partial charge in [0.1, 0.15) is 16.9 Å². The van der Waals surface area contributed by atoms with Gasteiger partial charge in [0.25, 0.3) is 5.92 Å². The molecule has 1 fully saturated rings. The zero-order chi connectivity index (χ0) is 25.9. The smallest absolute Gasteiger partial charge is 0.261 e. The largest absolute Gasteiger partial charge is 0.338 e. The second-order valence-electron chi connectivity index (χ2n) is 9.47. The van der Waals surface area contributed by atoms with Gasteiger partial charge in [0.15, 0.2) is 5.13 Å². The fraction of sp³-hybridized carbons (Fsp3) is 0.185. The Kier molecular flexibility index (Phi) is 5.31. The minimum atomic E-state index is -2.63. The van der Waals surface area contributed by atoms with Gasteiger partial charge >= 0.3 is 0 Å². The van der Waals surface area contributed by atoms with E-state index in [-0.39, 0.29) is 18.1 Å². The number of thiophene rings is 1. The van der Waals surface area contributed by atoms with Crippen molar-refractivity contribution in [3.05, 3.63) is 71.7 Å². The van der Waals surface area contributed by atoms with Crippen molar-refractivity contribution in [2.45, 2.75) is 18.9 Å². The van der Waals surface area contributed by atoms with Gasteiger partial charge in [-0.1, -0.05) is 0 Å². The van der Waals surface area contributed by atoms with Crippen LogP contribution in [0.4, 0.5) is 13.2 Å². The van der Waals surface area contributed by atoms with Crippen LogP contribution in [-0.4, -0.2) is 54.0 Å². The van der Waals surface area contributed by atoms with E-state index >= 15 is 0 Å². The van der Waals surface area contributed by atoms with E-state index in [2.05, 4.69) is 25.1 Å². The first-order valence-corrected chi connectivity index (χ1v) is 12.9. The van der Waals surface area contributed by atoms with Gasteiger partial charge in [0.05, 0.1) is 23.4 Å². The summed E-state index contributed by atoms with van der Waals surface area (Å²) in [7, 11) is 0.